The lowest BCUT2D eigenvalue weighted by Crippen LogP contribution is -2.21. The first-order valence-corrected chi connectivity index (χ1v) is 11.1. The lowest BCUT2D eigenvalue weighted by Gasteiger charge is -2.12. The number of carbonyl (C=O) groups excluding carboxylic acids is 1. The monoisotopic (exact) mass is 435 g/mol. The van der Waals surface area contributed by atoms with Gasteiger partial charge in [0.2, 0.25) is 10.0 Å². The summed E-state index contributed by atoms with van der Waals surface area (Å²) in [5.41, 5.74) is 1.10. The average Bonchev–Trinajstić information content (AvgIpc) is 3.43. The van der Waals surface area contributed by atoms with Crippen molar-refractivity contribution in [3.05, 3.63) is 65.0 Å². The number of hydrogen-bond acceptors (Lipinski definition) is 5. The number of amides is 1. The van der Waals surface area contributed by atoms with Crippen LogP contribution >= 0.6 is 11.3 Å². The van der Waals surface area contributed by atoms with Gasteiger partial charge in [-0.15, -0.1) is 11.3 Å². The zero-order valence-corrected chi connectivity index (χ0v) is 16.5. The molecule has 2 aromatic carbocycles. The van der Waals surface area contributed by atoms with Crippen LogP contribution in [0.15, 0.2) is 47.8 Å². The van der Waals surface area contributed by atoms with Crippen molar-refractivity contribution in [3.8, 4) is 11.3 Å². The third-order valence-electron chi connectivity index (χ3n) is 4.31. The number of thiazole rings is 1. The Hall–Kier alpha value is -2.85. The molecule has 2 N–H and O–H groups in total. The van der Waals surface area contributed by atoms with E-state index in [-0.39, 0.29) is 22.2 Å². The van der Waals surface area contributed by atoms with E-state index in [0.29, 0.717) is 24.1 Å². The first-order chi connectivity index (χ1) is 13.8. The van der Waals surface area contributed by atoms with Gasteiger partial charge in [-0.2, -0.15) is 0 Å². The minimum atomic E-state index is -3.66. The lowest BCUT2D eigenvalue weighted by atomic mass is 10.1. The summed E-state index contributed by atoms with van der Waals surface area (Å²) in [6.45, 7) is 0. The molecule has 1 aromatic heterocycles. The molecule has 10 heteroatoms. The van der Waals surface area contributed by atoms with Crippen LogP contribution in [0.1, 0.15) is 23.2 Å². The van der Waals surface area contributed by atoms with Crippen LogP contribution in [0, 0.1) is 11.6 Å². The van der Waals surface area contributed by atoms with Crippen LogP contribution < -0.4 is 10.0 Å². The molecule has 1 amide bonds. The number of hydrogen-bond donors (Lipinski definition) is 2. The molecule has 0 aliphatic heterocycles. The highest BCUT2D eigenvalue weighted by molar-refractivity contribution is 7.93. The highest BCUT2D eigenvalue weighted by Crippen LogP contribution is 2.31. The van der Waals surface area contributed by atoms with Crippen molar-refractivity contribution in [3.63, 3.8) is 0 Å². The molecule has 3 aromatic rings. The van der Waals surface area contributed by atoms with Crippen LogP contribution in [-0.4, -0.2) is 24.6 Å². The minimum absolute atomic E-state index is 0.0193. The van der Waals surface area contributed by atoms with Crippen LogP contribution in [0.25, 0.3) is 11.3 Å². The molecule has 0 saturated heterocycles. The molecule has 1 aliphatic rings. The number of anilines is 2. The maximum atomic E-state index is 13.6. The molecule has 150 valence electrons. The van der Waals surface area contributed by atoms with E-state index in [1.807, 2.05) is 0 Å². The van der Waals surface area contributed by atoms with Gasteiger partial charge in [-0.3, -0.25) is 14.8 Å². The molecule has 1 saturated carbocycles. The Kier molecular flexibility index (Phi) is 5.05. The molecule has 1 aliphatic carbocycles. The summed E-state index contributed by atoms with van der Waals surface area (Å²) in [5.74, 6) is -1.66. The third kappa shape index (κ3) is 4.43. The molecule has 1 heterocycles. The van der Waals surface area contributed by atoms with Crippen LogP contribution in [-0.2, 0) is 10.0 Å². The van der Waals surface area contributed by atoms with Crippen molar-refractivity contribution in [1.29, 1.82) is 0 Å². The molecule has 1 fully saturated rings. The number of benzene rings is 2. The minimum Gasteiger partial charge on any atom is -0.298 e. The van der Waals surface area contributed by atoms with Crippen molar-refractivity contribution < 1.29 is 22.0 Å². The van der Waals surface area contributed by atoms with Gasteiger partial charge in [0.05, 0.1) is 22.2 Å². The normalized spacial score (nSPS) is 13.9. The van der Waals surface area contributed by atoms with E-state index in [4.69, 9.17) is 0 Å². The summed E-state index contributed by atoms with van der Waals surface area (Å²) in [5, 5.41) is 4.04. The molecule has 4 rings (SSSR count). The van der Waals surface area contributed by atoms with Crippen molar-refractivity contribution in [2.45, 2.75) is 18.1 Å². The van der Waals surface area contributed by atoms with Crippen molar-refractivity contribution in [2.75, 3.05) is 10.0 Å². The number of nitrogens with zero attached hydrogens (tertiary/aromatic N) is 1. The zero-order valence-electron chi connectivity index (χ0n) is 14.9. The first-order valence-electron chi connectivity index (χ1n) is 8.66. The number of nitrogens with one attached hydrogen (secondary N) is 2. The van der Waals surface area contributed by atoms with Gasteiger partial charge in [0.15, 0.2) is 5.13 Å². The molecule has 6 nitrogen and oxygen atoms in total. The van der Waals surface area contributed by atoms with Crippen molar-refractivity contribution in [2.24, 2.45) is 0 Å². The fourth-order valence-corrected chi connectivity index (χ4v) is 4.78. The van der Waals surface area contributed by atoms with Gasteiger partial charge in [0.1, 0.15) is 11.6 Å². The molecule has 0 atom stereocenters. The predicted molar refractivity (Wildman–Crippen MR) is 107 cm³/mol. The van der Waals surface area contributed by atoms with Crippen LogP contribution in [0.4, 0.5) is 19.6 Å². The molecule has 0 unspecified atom stereocenters. The molecule has 0 radical (unpaired) electrons. The Labute approximate surface area is 169 Å². The summed E-state index contributed by atoms with van der Waals surface area (Å²) in [6.07, 6.45) is 1.08. The van der Waals surface area contributed by atoms with Crippen LogP contribution in [0.2, 0.25) is 0 Å². The predicted octanol–water partition coefficient (Wildman–Crippen LogP) is 4.24. The van der Waals surface area contributed by atoms with Crippen LogP contribution in [0.5, 0.6) is 0 Å². The van der Waals surface area contributed by atoms with Crippen LogP contribution in [0.3, 0.4) is 0 Å². The number of rotatable bonds is 6. The lowest BCUT2D eigenvalue weighted by molar-refractivity contribution is 0.102. The van der Waals surface area contributed by atoms with E-state index in [0.717, 1.165) is 23.5 Å². The zero-order chi connectivity index (χ0) is 20.6. The van der Waals surface area contributed by atoms with E-state index in [2.05, 4.69) is 15.0 Å². The maximum absolute atomic E-state index is 13.6. The number of sulfonamides is 1. The highest BCUT2D eigenvalue weighted by atomic mass is 32.2. The molecule has 0 spiro atoms. The van der Waals surface area contributed by atoms with Gasteiger partial charge in [0.25, 0.3) is 5.91 Å². The van der Waals surface area contributed by atoms with E-state index in [9.17, 15) is 22.0 Å². The van der Waals surface area contributed by atoms with Gasteiger partial charge in [-0.05, 0) is 55.3 Å². The quantitative estimate of drug-likeness (QED) is 0.606. The fraction of sp³-hybridized carbons (Fsp3) is 0.158. The Morgan fingerprint density at radius 1 is 1.07 bits per heavy atom. The third-order valence-corrected chi connectivity index (χ3v) is 6.92. The van der Waals surface area contributed by atoms with Gasteiger partial charge in [0, 0.05) is 10.9 Å². The Bertz CT molecular complexity index is 1170. The van der Waals surface area contributed by atoms with E-state index >= 15 is 0 Å². The fourth-order valence-electron chi connectivity index (χ4n) is 2.66. The second kappa shape index (κ2) is 7.53. The summed E-state index contributed by atoms with van der Waals surface area (Å²) < 4.78 is 53.4. The SMILES string of the molecule is O=C(Nc1nc(-c2ccc(F)cc2)cs1)c1ccc(F)cc1NS(=O)(=O)C1CC1. The van der Waals surface area contributed by atoms with Gasteiger partial charge in [-0.25, -0.2) is 22.2 Å². The summed E-state index contributed by atoms with van der Waals surface area (Å²) in [4.78, 5) is 16.9. The smallest absolute Gasteiger partial charge is 0.259 e. The largest absolute Gasteiger partial charge is 0.298 e. The topological polar surface area (TPSA) is 88.2 Å². The second-order valence-corrected chi connectivity index (χ2v) is 9.35. The van der Waals surface area contributed by atoms with E-state index in [1.165, 1.54) is 18.2 Å². The van der Waals surface area contributed by atoms with Crippen molar-refractivity contribution in [1.82, 2.24) is 4.98 Å². The van der Waals surface area contributed by atoms with Gasteiger partial charge < -0.3 is 0 Å². The van der Waals surface area contributed by atoms with E-state index < -0.39 is 27.0 Å². The van der Waals surface area contributed by atoms with Crippen molar-refractivity contribution >= 4 is 38.1 Å². The summed E-state index contributed by atoms with van der Waals surface area (Å²) in [7, 11) is -3.66. The molecule has 0 bridgehead atoms. The second-order valence-electron chi connectivity index (χ2n) is 6.54. The highest BCUT2D eigenvalue weighted by Gasteiger charge is 2.36. The van der Waals surface area contributed by atoms with Gasteiger partial charge >= 0.3 is 0 Å². The molecule has 29 heavy (non-hydrogen) atoms. The molecular weight excluding hydrogens is 420 g/mol. The number of aromatic nitrogens is 1. The maximum Gasteiger partial charge on any atom is 0.259 e. The Morgan fingerprint density at radius 2 is 1.76 bits per heavy atom. The Balaban J connectivity index is 1.55. The summed E-state index contributed by atoms with van der Waals surface area (Å²) in [6, 6.07) is 9.02. The molecular formula is C19H15F2N3O3S2. The van der Waals surface area contributed by atoms with Gasteiger partial charge in [-0.1, -0.05) is 0 Å². The Morgan fingerprint density at radius 3 is 2.45 bits per heavy atom. The summed E-state index contributed by atoms with van der Waals surface area (Å²) >= 11 is 1.16. The number of halogens is 2. The average molecular weight is 435 g/mol. The number of carbonyl (C=O) groups is 1. The standard InChI is InChI=1S/C19H15F2N3O3S2/c20-12-3-1-11(2-4-12)17-10-28-19(22-17)23-18(25)15-8-5-13(21)9-16(15)24-29(26,27)14-6-7-14/h1-5,8-10,14,24H,6-7H2,(H,22,23,25). The first kappa shape index (κ1) is 19.5. The van der Waals surface area contributed by atoms with E-state index in [1.54, 1.807) is 17.5 Å².